The van der Waals surface area contributed by atoms with Crippen molar-refractivity contribution in [3.8, 4) is 5.75 Å². The lowest BCUT2D eigenvalue weighted by atomic mass is 10.2. The van der Waals surface area contributed by atoms with Crippen LogP contribution in [0.1, 0.15) is 25.8 Å². The van der Waals surface area contributed by atoms with Crippen LogP contribution in [-0.4, -0.2) is 25.1 Å². The highest BCUT2D eigenvalue weighted by Crippen LogP contribution is 2.23. The number of rotatable bonds is 9. The molecule has 2 N–H and O–H groups in total. The molecule has 1 amide bonds. The van der Waals surface area contributed by atoms with E-state index in [0.29, 0.717) is 12.3 Å². The standard InChI is InChI=1S/C16H23BrN2O2/c1-4-8-18-11-13-10-14(6-7-15(13)17)21-12(3)16(20)19-9-5-2/h5-7,10,12,18H,2,4,8-9,11H2,1,3H3,(H,19,20). The molecule has 5 heteroatoms. The van der Waals surface area contributed by atoms with Crippen LogP contribution in [0.25, 0.3) is 0 Å². The topological polar surface area (TPSA) is 50.4 Å². The number of amides is 1. The van der Waals surface area contributed by atoms with Gasteiger partial charge in [-0.25, -0.2) is 0 Å². The maximum absolute atomic E-state index is 11.8. The van der Waals surface area contributed by atoms with Crippen LogP contribution in [0.3, 0.4) is 0 Å². The van der Waals surface area contributed by atoms with Crippen LogP contribution >= 0.6 is 15.9 Å². The first-order valence-electron chi connectivity index (χ1n) is 7.12. The third-order valence-electron chi connectivity index (χ3n) is 2.86. The predicted octanol–water partition coefficient (Wildman–Crippen LogP) is 3.02. The molecule has 0 bridgehead atoms. The molecule has 1 rings (SSSR count). The summed E-state index contributed by atoms with van der Waals surface area (Å²) in [7, 11) is 0. The van der Waals surface area contributed by atoms with Gasteiger partial charge in [0.1, 0.15) is 5.75 Å². The first kappa shape index (κ1) is 17.7. The summed E-state index contributed by atoms with van der Waals surface area (Å²) in [6, 6.07) is 5.74. The quantitative estimate of drug-likeness (QED) is 0.529. The molecule has 4 nitrogen and oxygen atoms in total. The average Bonchev–Trinajstić information content (AvgIpc) is 2.48. The van der Waals surface area contributed by atoms with Crippen molar-refractivity contribution >= 4 is 21.8 Å². The van der Waals surface area contributed by atoms with Crippen molar-refractivity contribution in [2.75, 3.05) is 13.1 Å². The molecular formula is C16H23BrN2O2. The van der Waals surface area contributed by atoms with E-state index in [1.54, 1.807) is 13.0 Å². The molecule has 0 spiro atoms. The molecule has 21 heavy (non-hydrogen) atoms. The maximum Gasteiger partial charge on any atom is 0.261 e. The summed E-state index contributed by atoms with van der Waals surface area (Å²) in [5.41, 5.74) is 1.11. The summed E-state index contributed by atoms with van der Waals surface area (Å²) < 4.78 is 6.71. The zero-order valence-corrected chi connectivity index (χ0v) is 14.2. The molecule has 0 fully saturated rings. The molecule has 0 aromatic heterocycles. The summed E-state index contributed by atoms with van der Waals surface area (Å²) in [5, 5.41) is 6.06. The lowest BCUT2D eigenvalue weighted by molar-refractivity contribution is -0.127. The third kappa shape index (κ3) is 6.31. The Bertz CT molecular complexity index is 477. The van der Waals surface area contributed by atoms with Crippen LogP contribution in [0.15, 0.2) is 35.3 Å². The van der Waals surface area contributed by atoms with Crippen LogP contribution in [0.4, 0.5) is 0 Å². The molecular weight excluding hydrogens is 332 g/mol. The van der Waals surface area contributed by atoms with E-state index in [2.05, 4.69) is 40.1 Å². The zero-order valence-electron chi connectivity index (χ0n) is 12.6. The smallest absolute Gasteiger partial charge is 0.261 e. The fourth-order valence-electron chi connectivity index (χ4n) is 1.73. The Morgan fingerprint density at radius 3 is 2.95 bits per heavy atom. The van der Waals surface area contributed by atoms with E-state index in [0.717, 1.165) is 29.5 Å². The molecule has 1 aromatic carbocycles. The van der Waals surface area contributed by atoms with Crippen LogP contribution in [0, 0.1) is 0 Å². The second-order valence-corrected chi connectivity index (χ2v) is 5.58. The number of ether oxygens (including phenoxy) is 1. The minimum atomic E-state index is -0.539. The summed E-state index contributed by atoms with van der Waals surface area (Å²) in [5.74, 6) is 0.538. The Hall–Kier alpha value is -1.33. The number of benzene rings is 1. The Balaban J connectivity index is 2.64. The van der Waals surface area contributed by atoms with Gasteiger partial charge in [-0.15, -0.1) is 6.58 Å². The van der Waals surface area contributed by atoms with Crippen molar-refractivity contribution in [2.45, 2.75) is 32.9 Å². The Labute approximate surface area is 135 Å². The molecule has 0 saturated heterocycles. The van der Waals surface area contributed by atoms with Gasteiger partial charge in [0.05, 0.1) is 0 Å². The van der Waals surface area contributed by atoms with Crippen molar-refractivity contribution in [3.63, 3.8) is 0 Å². The SMILES string of the molecule is C=CCNC(=O)C(C)Oc1ccc(Br)c(CNCCC)c1. The molecule has 0 aliphatic carbocycles. The van der Waals surface area contributed by atoms with Crippen LogP contribution in [0.5, 0.6) is 5.75 Å². The number of carbonyl (C=O) groups is 1. The monoisotopic (exact) mass is 354 g/mol. The fourth-order valence-corrected chi connectivity index (χ4v) is 2.12. The second kappa shape index (κ2) is 9.58. The lowest BCUT2D eigenvalue weighted by Gasteiger charge is -2.15. The molecule has 0 heterocycles. The molecule has 0 aliphatic rings. The Kier molecular flexibility index (Phi) is 8.08. The van der Waals surface area contributed by atoms with Gasteiger partial charge in [0.2, 0.25) is 0 Å². The molecule has 0 aliphatic heterocycles. The molecule has 1 atom stereocenters. The highest BCUT2D eigenvalue weighted by atomic mass is 79.9. The predicted molar refractivity (Wildman–Crippen MR) is 89.4 cm³/mol. The third-order valence-corrected chi connectivity index (χ3v) is 3.64. The van der Waals surface area contributed by atoms with E-state index in [-0.39, 0.29) is 5.91 Å². The van der Waals surface area contributed by atoms with Gasteiger partial charge in [-0.1, -0.05) is 28.9 Å². The van der Waals surface area contributed by atoms with Gasteiger partial charge >= 0.3 is 0 Å². The van der Waals surface area contributed by atoms with E-state index < -0.39 is 6.10 Å². The van der Waals surface area contributed by atoms with Crippen LogP contribution < -0.4 is 15.4 Å². The molecule has 1 aromatic rings. The second-order valence-electron chi connectivity index (χ2n) is 4.72. The molecule has 116 valence electrons. The summed E-state index contributed by atoms with van der Waals surface area (Å²) in [6.45, 7) is 9.61. The first-order chi connectivity index (χ1) is 10.1. The van der Waals surface area contributed by atoms with Gasteiger partial charge in [-0.2, -0.15) is 0 Å². The zero-order chi connectivity index (χ0) is 15.7. The Morgan fingerprint density at radius 1 is 1.52 bits per heavy atom. The van der Waals surface area contributed by atoms with E-state index in [1.165, 1.54) is 0 Å². The van der Waals surface area contributed by atoms with Gasteiger partial charge < -0.3 is 15.4 Å². The van der Waals surface area contributed by atoms with Crippen LogP contribution in [0.2, 0.25) is 0 Å². The highest BCUT2D eigenvalue weighted by Gasteiger charge is 2.14. The van der Waals surface area contributed by atoms with E-state index in [9.17, 15) is 4.79 Å². The van der Waals surface area contributed by atoms with E-state index in [1.807, 2.05) is 18.2 Å². The Morgan fingerprint density at radius 2 is 2.29 bits per heavy atom. The van der Waals surface area contributed by atoms with Gasteiger partial charge in [-0.3, -0.25) is 4.79 Å². The minimum Gasteiger partial charge on any atom is -0.481 e. The van der Waals surface area contributed by atoms with Gasteiger partial charge in [0.15, 0.2) is 6.10 Å². The number of nitrogens with one attached hydrogen (secondary N) is 2. The van der Waals surface area contributed by atoms with E-state index >= 15 is 0 Å². The lowest BCUT2D eigenvalue weighted by Crippen LogP contribution is -2.36. The minimum absolute atomic E-state index is 0.150. The highest BCUT2D eigenvalue weighted by molar-refractivity contribution is 9.10. The molecule has 0 saturated carbocycles. The number of halogens is 1. The fraction of sp³-hybridized carbons (Fsp3) is 0.438. The molecule has 1 unspecified atom stereocenters. The van der Waals surface area contributed by atoms with Gasteiger partial charge in [0, 0.05) is 17.6 Å². The van der Waals surface area contributed by atoms with Crippen molar-refractivity contribution in [1.82, 2.24) is 10.6 Å². The van der Waals surface area contributed by atoms with Crippen molar-refractivity contribution in [3.05, 3.63) is 40.9 Å². The largest absolute Gasteiger partial charge is 0.481 e. The average molecular weight is 355 g/mol. The van der Waals surface area contributed by atoms with Crippen molar-refractivity contribution in [2.24, 2.45) is 0 Å². The van der Waals surface area contributed by atoms with Crippen molar-refractivity contribution in [1.29, 1.82) is 0 Å². The normalized spacial score (nSPS) is 11.8. The number of carbonyl (C=O) groups excluding carboxylic acids is 1. The number of hydrogen-bond donors (Lipinski definition) is 2. The van der Waals surface area contributed by atoms with Gasteiger partial charge in [-0.05, 0) is 43.7 Å². The summed E-state index contributed by atoms with van der Waals surface area (Å²) >= 11 is 3.53. The van der Waals surface area contributed by atoms with Crippen LogP contribution in [-0.2, 0) is 11.3 Å². The molecule has 0 radical (unpaired) electrons. The summed E-state index contributed by atoms with van der Waals surface area (Å²) in [6.07, 6.45) is 2.19. The summed E-state index contributed by atoms with van der Waals surface area (Å²) in [4.78, 5) is 11.8. The first-order valence-corrected chi connectivity index (χ1v) is 7.92. The van der Waals surface area contributed by atoms with E-state index in [4.69, 9.17) is 4.74 Å². The van der Waals surface area contributed by atoms with Gasteiger partial charge in [0.25, 0.3) is 5.91 Å². The van der Waals surface area contributed by atoms with Crippen molar-refractivity contribution < 1.29 is 9.53 Å². The maximum atomic E-state index is 11.8. The number of hydrogen-bond acceptors (Lipinski definition) is 3.